The lowest BCUT2D eigenvalue weighted by Gasteiger charge is -2.10. The Bertz CT molecular complexity index is 938. The highest BCUT2D eigenvalue weighted by molar-refractivity contribution is 6.42. The van der Waals surface area contributed by atoms with Gasteiger partial charge in [-0.05, 0) is 29.3 Å². The van der Waals surface area contributed by atoms with E-state index in [2.05, 4.69) is 10.1 Å². The van der Waals surface area contributed by atoms with Crippen LogP contribution in [0.25, 0.3) is 0 Å². The summed E-state index contributed by atoms with van der Waals surface area (Å²) in [5.41, 5.74) is 2.65. The highest BCUT2D eigenvalue weighted by Crippen LogP contribution is 2.26. The molecule has 0 bridgehead atoms. The largest absolute Gasteiger partial charge is 0.271 e. The number of carbonyl (C=O) groups is 1. The van der Waals surface area contributed by atoms with Gasteiger partial charge in [-0.15, -0.1) is 5.10 Å². The highest BCUT2D eigenvalue weighted by atomic mass is 35.5. The zero-order valence-electron chi connectivity index (χ0n) is 12.5. The van der Waals surface area contributed by atoms with Crippen molar-refractivity contribution in [3.63, 3.8) is 0 Å². The minimum atomic E-state index is -0.0714. The summed E-state index contributed by atoms with van der Waals surface area (Å²) in [6, 6.07) is 13.0. The molecule has 2 aromatic carbocycles. The zero-order valence-corrected chi connectivity index (χ0v) is 14.0. The van der Waals surface area contributed by atoms with Gasteiger partial charge in [-0.3, -0.25) is 9.69 Å². The summed E-state index contributed by atoms with van der Waals surface area (Å²) < 4.78 is 1.67. The topological polar surface area (TPSA) is 51.0 Å². The maximum atomic E-state index is 12.5. The molecule has 4 rings (SSSR count). The lowest BCUT2D eigenvalue weighted by Crippen LogP contribution is -2.24. The lowest BCUT2D eigenvalue weighted by atomic mass is 10.1. The normalized spacial score (nSPS) is 13.4. The van der Waals surface area contributed by atoms with Crippen LogP contribution < -0.4 is 4.90 Å². The lowest BCUT2D eigenvalue weighted by molar-refractivity contribution is 0.0995. The Hall–Kier alpha value is -2.37. The monoisotopic (exact) mass is 358 g/mol. The van der Waals surface area contributed by atoms with E-state index in [-0.39, 0.29) is 5.91 Å². The number of anilines is 1. The SMILES string of the molecule is O=C1c2ccccc2CN1c1ncn(Cc2ccc(Cl)c(Cl)c2)n1. The van der Waals surface area contributed by atoms with Gasteiger partial charge in [0.25, 0.3) is 11.9 Å². The molecule has 0 radical (unpaired) electrons. The van der Waals surface area contributed by atoms with E-state index in [9.17, 15) is 4.79 Å². The standard InChI is InChI=1S/C17H12Cl2N4O/c18-14-6-5-11(7-15(14)19)8-22-10-20-17(21-22)23-9-12-3-1-2-4-13(12)16(23)24/h1-7,10H,8-9H2. The quantitative estimate of drug-likeness (QED) is 0.715. The van der Waals surface area contributed by atoms with Gasteiger partial charge in [-0.25, -0.2) is 9.67 Å². The van der Waals surface area contributed by atoms with Gasteiger partial charge in [0.05, 0.1) is 23.1 Å². The maximum Gasteiger partial charge on any atom is 0.261 e. The number of halogens is 2. The van der Waals surface area contributed by atoms with Gasteiger partial charge < -0.3 is 0 Å². The van der Waals surface area contributed by atoms with Crippen molar-refractivity contribution in [1.29, 1.82) is 0 Å². The second-order valence-electron chi connectivity index (χ2n) is 5.54. The summed E-state index contributed by atoms with van der Waals surface area (Å²) in [7, 11) is 0. The molecule has 0 fully saturated rings. The van der Waals surface area contributed by atoms with Crippen molar-refractivity contribution in [2.75, 3.05) is 4.90 Å². The number of amides is 1. The van der Waals surface area contributed by atoms with E-state index in [1.807, 2.05) is 30.3 Å². The first-order chi connectivity index (χ1) is 11.6. The molecule has 0 saturated heterocycles. The Kier molecular flexibility index (Phi) is 3.75. The van der Waals surface area contributed by atoms with Crippen molar-refractivity contribution in [3.8, 4) is 0 Å². The van der Waals surface area contributed by atoms with Crippen LogP contribution in [0.4, 0.5) is 5.95 Å². The van der Waals surface area contributed by atoms with Crippen LogP contribution >= 0.6 is 23.2 Å². The Labute approximate surface area is 148 Å². The van der Waals surface area contributed by atoms with Crippen molar-refractivity contribution in [2.24, 2.45) is 0 Å². The van der Waals surface area contributed by atoms with Gasteiger partial charge in [0.15, 0.2) is 0 Å². The average molecular weight is 359 g/mol. The minimum Gasteiger partial charge on any atom is -0.271 e. The Morgan fingerprint density at radius 2 is 1.92 bits per heavy atom. The number of hydrogen-bond donors (Lipinski definition) is 0. The summed E-state index contributed by atoms with van der Waals surface area (Å²) in [6.07, 6.45) is 1.61. The number of rotatable bonds is 3. The third-order valence-corrected chi connectivity index (χ3v) is 4.65. The van der Waals surface area contributed by atoms with Crippen molar-refractivity contribution in [2.45, 2.75) is 13.1 Å². The second-order valence-corrected chi connectivity index (χ2v) is 6.35. The van der Waals surface area contributed by atoms with Gasteiger partial charge in [0, 0.05) is 5.56 Å². The summed E-state index contributed by atoms with van der Waals surface area (Å²) in [5, 5.41) is 5.42. The fraction of sp³-hybridized carbons (Fsp3) is 0.118. The second kappa shape index (κ2) is 5.92. The van der Waals surface area contributed by atoms with Crippen LogP contribution in [-0.4, -0.2) is 20.7 Å². The summed E-state index contributed by atoms with van der Waals surface area (Å²) >= 11 is 12.0. The van der Waals surface area contributed by atoms with E-state index in [0.717, 1.165) is 11.1 Å². The molecule has 120 valence electrons. The van der Waals surface area contributed by atoms with E-state index in [1.165, 1.54) is 0 Å². The molecule has 0 aliphatic carbocycles. The zero-order chi connectivity index (χ0) is 16.7. The molecule has 1 aromatic heterocycles. The van der Waals surface area contributed by atoms with Gasteiger partial charge >= 0.3 is 0 Å². The molecule has 0 spiro atoms. The van der Waals surface area contributed by atoms with Crippen LogP contribution in [0.5, 0.6) is 0 Å². The molecule has 0 atom stereocenters. The van der Waals surface area contributed by atoms with Crippen LogP contribution in [0.2, 0.25) is 10.0 Å². The fourth-order valence-electron chi connectivity index (χ4n) is 2.73. The van der Waals surface area contributed by atoms with E-state index >= 15 is 0 Å². The molecule has 3 aromatic rings. The van der Waals surface area contributed by atoms with Gasteiger partial charge in [0.2, 0.25) is 0 Å². The van der Waals surface area contributed by atoms with Crippen LogP contribution in [0.1, 0.15) is 21.5 Å². The predicted molar refractivity (Wildman–Crippen MR) is 92.5 cm³/mol. The van der Waals surface area contributed by atoms with Crippen molar-refractivity contribution in [3.05, 3.63) is 75.5 Å². The number of carbonyl (C=O) groups excluding carboxylic acids is 1. The number of aromatic nitrogens is 3. The number of fused-ring (bicyclic) bond motifs is 1. The first kappa shape index (κ1) is 15.2. The van der Waals surface area contributed by atoms with Gasteiger partial charge in [0.1, 0.15) is 6.33 Å². The number of hydrogen-bond acceptors (Lipinski definition) is 3. The van der Waals surface area contributed by atoms with E-state index < -0.39 is 0 Å². The number of benzene rings is 2. The van der Waals surface area contributed by atoms with Crippen LogP contribution in [0.15, 0.2) is 48.8 Å². The van der Waals surface area contributed by atoms with Gasteiger partial charge in [-0.1, -0.05) is 47.5 Å². The molecule has 5 nitrogen and oxygen atoms in total. The predicted octanol–water partition coefficient (Wildman–Crippen LogP) is 3.79. The summed E-state index contributed by atoms with van der Waals surface area (Å²) in [4.78, 5) is 18.3. The van der Waals surface area contributed by atoms with Crippen LogP contribution in [0, 0.1) is 0 Å². The molecule has 1 amide bonds. The van der Waals surface area contributed by atoms with Crippen LogP contribution in [-0.2, 0) is 13.1 Å². The maximum absolute atomic E-state index is 12.5. The molecule has 0 N–H and O–H groups in total. The third kappa shape index (κ3) is 2.66. The molecule has 1 aliphatic heterocycles. The Morgan fingerprint density at radius 1 is 1.08 bits per heavy atom. The van der Waals surface area contributed by atoms with Gasteiger partial charge in [-0.2, -0.15) is 0 Å². The smallest absolute Gasteiger partial charge is 0.261 e. The molecule has 1 aliphatic rings. The highest BCUT2D eigenvalue weighted by Gasteiger charge is 2.30. The molecule has 24 heavy (non-hydrogen) atoms. The molecular weight excluding hydrogens is 347 g/mol. The fourth-order valence-corrected chi connectivity index (χ4v) is 3.05. The third-order valence-electron chi connectivity index (χ3n) is 3.92. The molecule has 2 heterocycles. The Balaban J connectivity index is 1.55. The van der Waals surface area contributed by atoms with Crippen molar-refractivity contribution < 1.29 is 4.79 Å². The summed E-state index contributed by atoms with van der Waals surface area (Å²) in [6.45, 7) is 0.991. The first-order valence-electron chi connectivity index (χ1n) is 7.35. The molecule has 0 saturated carbocycles. The van der Waals surface area contributed by atoms with E-state index in [4.69, 9.17) is 23.2 Å². The van der Waals surface area contributed by atoms with E-state index in [0.29, 0.717) is 34.6 Å². The molecule has 7 heteroatoms. The van der Waals surface area contributed by atoms with Crippen molar-refractivity contribution in [1.82, 2.24) is 14.8 Å². The average Bonchev–Trinajstić information content (AvgIpc) is 3.16. The minimum absolute atomic E-state index is 0.0714. The summed E-state index contributed by atoms with van der Waals surface area (Å²) in [5.74, 6) is 0.328. The first-order valence-corrected chi connectivity index (χ1v) is 8.10. The van der Waals surface area contributed by atoms with Crippen LogP contribution in [0.3, 0.4) is 0 Å². The molecule has 0 unspecified atom stereocenters. The Morgan fingerprint density at radius 3 is 2.71 bits per heavy atom. The van der Waals surface area contributed by atoms with Crippen molar-refractivity contribution >= 4 is 35.1 Å². The molecular formula is C17H12Cl2N4O. The number of nitrogens with zero attached hydrogens (tertiary/aromatic N) is 4. The van der Waals surface area contributed by atoms with E-state index in [1.54, 1.807) is 28.0 Å².